The Balaban J connectivity index is 3.59. The Bertz CT molecular complexity index is 425. The molecule has 0 aliphatic carbocycles. The van der Waals surface area contributed by atoms with Crippen LogP contribution in [-0.4, -0.2) is 27.1 Å². The van der Waals surface area contributed by atoms with Gasteiger partial charge in [-0.3, -0.25) is 0 Å². The van der Waals surface area contributed by atoms with Crippen LogP contribution in [0.1, 0.15) is 21.0 Å². The third-order valence-corrected chi connectivity index (χ3v) is 5.81. The fourth-order valence-electron chi connectivity index (χ4n) is 0.798. The van der Waals surface area contributed by atoms with Crippen LogP contribution >= 0.6 is 61.1 Å². The highest BCUT2D eigenvalue weighted by atomic mass is 127. The third kappa shape index (κ3) is 2.58. The zero-order valence-corrected chi connectivity index (χ0v) is 12.7. The van der Waals surface area contributed by atoms with Gasteiger partial charge in [-0.1, -0.05) is 0 Å². The lowest BCUT2D eigenvalue weighted by Gasteiger charge is -2.06. The number of nitrogens with zero attached hydrogens (tertiary/aromatic N) is 1. The van der Waals surface area contributed by atoms with Crippen molar-refractivity contribution in [2.24, 2.45) is 0 Å². The quantitative estimate of drug-likeness (QED) is 0.613. The van der Waals surface area contributed by atoms with Crippen molar-refractivity contribution in [1.82, 2.24) is 4.98 Å². The number of aromatic nitrogens is 1. The molecule has 1 aromatic rings. The second kappa shape index (κ2) is 4.91. The normalized spacial score (nSPS) is 10.1. The second-order valence-electron chi connectivity index (χ2n) is 2.36. The molecule has 0 bridgehead atoms. The molecule has 5 nitrogen and oxygen atoms in total. The van der Waals surface area contributed by atoms with E-state index >= 15 is 0 Å². The maximum Gasteiger partial charge on any atom is 0.355 e. The van der Waals surface area contributed by atoms with Crippen LogP contribution in [0.3, 0.4) is 0 Å². The first-order valence-corrected chi connectivity index (χ1v) is 6.32. The number of carboxylic acid groups (broad SMARTS) is 2. The number of aromatic carboxylic acids is 2. The summed E-state index contributed by atoms with van der Waals surface area (Å²) in [4.78, 5) is 25.1. The van der Waals surface area contributed by atoms with Crippen molar-refractivity contribution in [1.29, 1.82) is 0 Å². The smallest absolute Gasteiger partial charge is 0.355 e. The Morgan fingerprint density at radius 1 is 1.07 bits per heavy atom. The maximum absolute atomic E-state index is 10.8. The van der Waals surface area contributed by atoms with Crippen molar-refractivity contribution in [3.63, 3.8) is 0 Å². The monoisotopic (exact) mass is 497 g/mol. The predicted octanol–water partition coefficient (Wildman–Crippen LogP) is 2.45. The molecular formula is C7H2BrI2NO4. The summed E-state index contributed by atoms with van der Waals surface area (Å²) in [6, 6.07) is 0. The minimum atomic E-state index is -1.25. The average Bonchev–Trinajstić information content (AvgIpc) is 2.13. The molecule has 0 unspecified atom stereocenters. The van der Waals surface area contributed by atoms with Crippen molar-refractivity contribution >= 4 is 73.1 Å². The standard InChI is InChI=1S/C7H2BrI2NO4/c8-1-2(9)4(6(12)13)11-5(3(1)10)7(14)15/h(H,12,13)(H,14,15). The topological polar surface area (TPSA) is 87.5 Å². The van der Waals surface area contributed by atoms with Gasteiger partial charge < -0.3 is 10.2 Å². The highest BCUT2D eigenvalue weighted by Gasteiger charge is 2.22. The van der Waals surface area contributed by atoms with E-state index in [1.807, 2.05) is 0 Å². The van der Waals surface area contributed by atoms with E-state index in [1.54, 1.807) is 45.2 Å². The fourth-order valence-corrected chi connectivity index (χ4v) is 2.93. The Morgan fingerprint density at radius 3 is 1.67 bits per heavy atom. The van der Waals surface area contributed by atoms with Gasteiger partial charge in [-0.05, 0) is 61.1 Å². The number of halogens is 3. The van der Waals surface area contributed by atoms with E-state index in [0.717, 1.165) is 0 Å². The summed E-state index contributed by atoms with van der Waals surface area (Å²) < 4.78 is 1.21. The van der Waals surface area contributed by atoms with E-state index in [-0.39, 0.29) is 11.4 Å². The molecule has 2 N–H and O–H groups in total. The summed E-state index contributed by atoms with van der Waals surface area (Å²) in [6.07, 6.45) is 0. The molecule has 0 aromatic carbocycles. The van der Waals surface area contributed by atoms with Crippen molar-refractivity contribution in [2.45, 2.75) is 0 Å². The average molecular weight is 498 g/mol. The molecule has 0 atom stereocenters. The van der Waals surface area contributed by atoms with E-state index in [4.69, 9.17) is 10.2 Å². The molecule has 1 heterocycles. The molecule has 8 heteroatoms. The molecule has 0 saturated carbocycles. The van der Waals surface area contributed by atoms with Crippen LogP contribution in [0.15, 0.2) is 4.47 Å². The minimum Gasteiger partial charge on any atom is -0.476 e. The van der Waals surface area contributed by atoms with Crippen LogP contribution in [-0.2, 0) is 0 Å². The number of carboxylic acids is 2. The first-order chi connectivity index (χ1) is 6.86. The molecule has 0 aliphatic heterocycles. The van der Waals surface area contributed by atoms with Crippen LogP contribution in [0.2, 0.25) is 0 Å². The molecule has 0 fully saturated rings. The van der Waals surface area contributed by atoms with Crippen LogP contribution in [0.5, 0.6) is 0 Å². The Kier molecular flexibility index (Phi) is 4.29. The van der Waals surface area contributed by atoms with Gasteiger partial charge in [-0.25, -0.2) is 14.6 Å². The summed E-state index contributed by atoms with van der Waals surface area (Å²) >= 11 is 6.73. The first kappa shape index (κ1) is 13.1. The number of carbonyl (C=O) groups is 2. The minimum absolute atomic E-state index is 0.264. The molecule has 0 amide bonds. The molecule has 80 valence electrons. The largest absolute Gasteiger partial charge is 0.476 e. The molecule has 15 heavy (non-hydrogen) atoms. The van der Waals surface area contributed by atoms with E-state index in [9.17, 15) is 9.59 Å². The number of pyridine rings is 1. The number of hydrogen-bond donors (Lipinski definition) is 2. The zero-order chi connectivity index (χ0) is 11.7. The van der Waals surface area contributed by atoms with Crippen molar-refractivity contribution in [2.75, 3.05) is 0 Å². The summed E-state index contributed by atoms with van der Waals surface area (Å²) in [5, 5.41) is 17.6. The zero-order valence-electron chi connectivity index (χ0n) is 6.79. The fraction of sp³-hybridized carbons (Fsp3) is 0. The van der Waals surface area contributed by atoms with Crippen molar-refractivity contribution in [3.8, 4) is 0 Å². The summed E-state index contributed by atoms with van der Waals surface area (Å²) in [6.45, 7) is 0. The number of rotatable bonds is 2. The molecular weight excluding hydrogens is 496 g/mol. The van der Waals surface area contributed by atoms with Gasteiger partial charge in [-0.2, -0.15) is 0 Å². The van der Waals surface area contributed by atoms with Crippen LogP contribution in [0.4, 0.5) is 0 Å². The highest BCUT2D eigenvalue weighted by Crippen LogP contribution is 2.29. The lowest BCUT2D eigenvalue weighted by Crippen LogP contribution is -2.12. The SMILES string of the molecule is O=C(O)c1nc(C(=O)O)c(I)c(Br)c1I. The molecule has 0 aliphatic rings. The van der Waals surface area contributed by atoms with Gasteiger partial charge in [0.2, 0.25) is 0 Å². The lowest BCUT2D eigenvalue weighted by molar-refractivity contribution is 0.0683. The van der Waals surface area contributed by atoms with E-state index in [1.165, 1.54) is 0 Å². The van der Waals surface area contributed by atoms with Gasteiger partial charge in [0.1, 0.15) is 0 Å². The van der Waals surface area contributed by atoms with Crippen molar-refractivity contribution in [3.05, 3.63) is 23.0 Å². The van der Waals surface area contributed by atoms with E-state index in [0.29, 0.717) is 11.6 Å². The second-order valence-corrected chi connectivity index (χ2v) is 5.31. The Labute approximate surface area is 120 Å². The van der Waals surface area contributed by atoms with Crippen molar-refractivity contribution < 1.29 is 19.8 Å². The molecule has 1 aromatic heterocycles. The molecule has 0 saturated heterocycles. The first-order valence-electron chi connectivity index (χ1n) is 3.37. The Morgan fingerprint density at radius 2 is 1.40 bits per heavy atom. The lowest BCUT2D eigenvalue weighted by atomic mass is 10.3. The van der Waals surface area contributed by atoms with Gasteiger partial charge in [0.05, 0.1) is 7.14 Å². The molecule has 1 rings (SSSR count). The van der Waals surface area contributed by atoms with Gasteiger partial charge in [0, 0.05) is 4.47 Å². The predicted molar refractivity (Wildman–Crippen MR) is 71.3 cm³/mol. The molecule has 0 radical (unpaired) electrons. The van der Waals surface area contributed by atoms with Crippen LogP contribution < -0.4 is 0 Å². The van der Waals surface area contributed by atoms with Gasteiger partial charge in [0.15, 0.2) is 11.4 Å². The van der Waals surface area contributed by atoms with Gasteiger partial charge in [-0.15, -0.1) is 0 Å². The maximum atomic E-state index is 10.8. The van der Waals surface area contributed by atoms with Crippen LogP contribution in [0.25, 0.3) is 0 Å². The molecule has 0 spiro atoms. The van der Waals surface area contributed by atoms with E-state index in [2.05, 4.69) is 20.9 Å². The van der Waals surface area contributed by atoms with Gasteiger partial charge in [0.25, 0.3) is 0 Å². The number of hydrogen-bond acceptors (Lipinski definition) is 3. The summed E-state index contributed by atoms with van der Waals surface area (Å²) in [7, 11) is 0. The summed E-state index contributed by atoms with van der Waals surface area (Å²) in [5.41, 5.74) is -0.527. The highest BCUT2D eigenvalue weighted by molar-refractivity contribution is 14.1. The Hall–Kier alpha value is 0.0300. The summed E-state index contributed by atoms with van der Waals surface area (Å²) in [5.74, 6) is -2.50. The third-order valence-electron chi connectivity index (χ3n) is 1.43. The van der Waals surface area contributed by atoms with E-state index < -0.39 is 11.9 Å². The van der Waals surface area contributed by atoms with Crippen LogP contribution in [0, 0.1) is 7.14 Å². The van der Waals surface area contributed by atoms with Gasteiger partial charge >= 0.3 is 11.9 Å².